The van der Waals surface area contributed by atoms with Gasteiger partial charge in [-0.3, -0.25) is 4.79 Å². The van der Waals surface area contributed by atoms with Crippen molar-refractivity contribution in [2.24, 2.45) is 0 Å². The molecule has 0 aliphatic rings. The number of rotatable bonds is 4. The Kier molecular flexibility index (Phi) is 4.26. The minimum atomic E-state index is -0.162. The highest BCUT2D eigenvalue weighted by atomic mass is 32.1. The van der Waals surface area contributed by atoms with E-state index in [0.29, 0.717) is 34.6 Å². The zero-order chi connectivity index (χ0) is 18.1. The monoisotopic (exact) mass is 363 g/mol. The second kappa shape index (κ2) is 6.72. The van der Waals surface area contributed by atoms with Crippen molar-refractivity contribution in [2.45, 2.75) is 20.4 Å². The number of aryl methyl sites for hydroxylation is 2. The number of aromatic nitrogens is 2. The summed E-state index contributed by atoms with van der Waals surface area (Å²) in [4.78, 5) is 18.5. The van der Waals surface area contributed by atoms with Crippen molar-refractivity contribution in [3.63, 3.8) is 0 Å². The maximum atomic E-state index is 12.8. The number of amides is 1. The topological polar surface area (TPSA) is 68.0 Å². The number of benzene rings is 1. The molecule has 0 fully saturated rings. The van der Waals surface area contributed by atoms with Crippen molar-refractivity contribution < 1.29 is 9.32 Å². The van der Waals surface area contributed by atoms with E-state index in [4.69, 9.17) is 4.52 Å². The number of hydrogen-bond donors (Lipinski definition) is 1. The average molecular weight is 363 g/mol. The summed E-state index contributed by atoms with van der Waals surface area (Å²) in [5.41, 5.74) is 4.35. The predicted octanol–water partition coefficient (Wildman–Crippen LogP) is 4.50. The maximum Gasteiger partial charge on any atom is 0.259 e. The molecule has 6 heteroatoms. The van der Waals surface area contributed by atoms with E-state index >= 15 is 0 Å². The second-order valence-electron chi connectivity index (χ2n) is 6.13. The van der Waals surface area contributed by atoms with Crippen LogP contribution in [0.3, 0.4) is 0 Å². The van der Waals surface area contributed by atoms with Crippen LogP contribution in [0.1, 0.15) is 26.5 Å². The van der Waals surface area contributed by atoms with E-state index in [0.717, 1.165) is 10.4 Å². The van der Waals surface area contributed by atoms with Crippen LogP contribution in [0.25, 0.3) is 22.4 Å². The van der Waals surface area contributed by atoms with E-state index < -0.39 is 0 Å². The van der Waals surface area contributed by atoms with Gasteiger partial charge in [-0.05, 0) is 31.4 Å². The van der Waals surface area contributed by atoms with Gasteiger partial charge in [0.2, 0.25) is 0 Å². The minimum absolute atomic E-state index is 0.162. The van der Waals surface area contributed by atoms with Gasteiger partial charge in [0.05, 0.1) is 28.9 Å². The number of nitrogens with zero attached hydrogens (tertiary/aromatic N) is 2. The van der Waals surface area contributed by atoms with Gasteiger partial charge in [0.15, 0.2) is 0 Å². The van der Waals surface area contributed by atoms with Gasteiger partial charge in [-0.2, -0.15) is 0 Å². The summed E-state index contributed by atoms with van der Waals surface area (Å²) >= 11 is 1.61. The molecule has 26 heavy (non-hydrogen) atoms. The van der Waals surface area contributed by atoms with Crippen LogP contribution in [0.4, 0.5) is 0 Å². The fourth-order valence-corrected chi connectivity index (χ4v) is 3.47. The highest BCUT2D eigenvalue weighted by Gasteiger charge is 2.19. The van der Waals surface area contributed by atoms with E-state index in [1.165, 1.54) is 5.56 Å². The first-order chi connectivity index (χ1) is 12.6. The predicted molar refractivity (Wildman–Crippen MR) is 102 cm³/mol. The van der Waals surface area contributed by atoms with Crippen LogP contribution in [0.2, 0.25) is 0 Å². The lowest BCUT2D eigenvalue weighted by Crippen LogP contribution is -2.22. The van der Waals surface area contributed by atoms with Crippen LogP contribution >= 0.6 is 11.3 Å². The van der Waals surface area contributed by atoms with Crippen LogP contribution in [0.5, 0.6) is 0 Å². The zero-order valence-electron chi connectivity index (χ0n) is 14.4. The molecule has 1 aromatic carbocycles. The lowest BCUT2D eigenvalue weighted by molar-refractivity contribution is 0.0953. The molecule has 0 aliphatic heterocycles. The molecule has 0 aliphatic carbocycles. The zero-order valence-corrected chi connectivity index (χ0v) is 15.3. The highest BCUT2D eigenvalue weighted by molar-refractivity contribution is 7.09. The van der Waals surface area contributed by atoms with E-state index in [1.807, 2.05) is 55.6 Å². The van der Waals surface area contributed by atoms with Crippen molar-refractivity contribution in [3.8, 4) is 11.3 Å². The number of pyridine rings is 1. The van der Waals surface area contributed by atoms with Gasteiger partial charge < -0.3 is 9.84 Å². The molecule has 1 amide bonds. The molecule has 0 saturated carbocycles. The van der Waals surface area contributed by atoms with Crippen LogP contribution in [0.15, 0.2) is 52.4 Å². The quantitative estimate of drug-likeness (QED) is 0.580. The van der Waals surface area contributed by atoms with Crippen molar-refractivity contribution in [2.75, 3.05) is 0 Å². The van der Waals surface area contributed by atoms with Gasteiger partial charge in [0.1, 0.15) is 0 Å². The summed E-state index contributed by atoms with van der Waals surface area (Å²) in [6, 6.07) is 13.8. The summed E-state index contributed by atoms with van der Waals surface area (Å²) in [5.74, 6) is -0.162. The van der Waals surface area contributed by atoms with Gasteiger partial charge >= 0.3 is 0 Å². The molecule has 0 atom stereocenters. The van der Waals surface area contributed by atoms with Gasteiger partial charge in [-0.25, -0.2) is 4.98 Å². The molecule has 5 nitrogen and oxygen atoms in total. The number of thiophene rings is 1. The van der Waals surface area contributed by atoms with Crippen LogP contribution in [-0.2, 0) is 6.54 Å². The van der Waals surface area contributed by atoms with Gasteiger partial charge in [0.25, 0.3) is 11.6 Å². The number of hydrogen-bond acceptors (Lipinski definition) is 5. The highest BCUT2D eigenvalue weighted by Crippen LogP contribution is 2.27. The Bertz CT molecular complexity index is 1070. The van der Waals surface area contributed by atoms with E-state index in [1.54, 1.807) is 17.4 Å². The Morgan fingerprint density at radius 1 is 1.19 bits per heavy atom. The van der Waals surface area contributed by atoms with Gasteiger partial charge in [-0.1, -0.05) is 41.1 Å². The summed E-state index contributed by atoms with van der Waals surface area (Å²) in [6.07, 6.45) is 0. The molecular weight excluding hydrogens is 346 g/mol. The van der Waals surface area contributed by atoms with Crippen LogP contribution in [0, 0.1) is 13.8 Å². The van der Waals surface area contributed by atoms with Crippen molar-refractivity contribution >= 4 is 28.3 Å². The van der Waals surface area contributed by atoms with Crippen molar-refractivity contribution in [3.05, 3.63) is 69.5 Å². The minimum Gasteiger partial charge on any atom is -0.347 e. The largest absolute Gasteiger partial charge is 0.347 e. The summed E-state index contributed by atoms with van der Waals surface area (Å²) in [5, 5.41) is 9.60. The molecular formula is C20H17N3O2S. The smallest absolute Gasteiger partial charge is 0.259 e. The molecule has 0 spiro atoms. The number of fused-ring (bicyclic) bond motifs is 1. The van der Waals surface area contributed by atoms with Crippen molar-refractivity contribution in [1.29, 1.82) is 0 Å². The average Bonchev–Trinajstić information content (AvgIpc) is 3.30. The Morgan fingerprint density at radius 3 is 2.73 bits per heavy atom. The lowest BCUT2D eigenvalue weighted by Gasteiger charge is -2.08. The molecule has 130 valence electrons. The Balaban J connectivity index is 1.75. The maximum absolute atomic E-state index is 12.8. The van der Waals surface area contributed by atoms with Crippen LogP contribution < -0.4 is 5.32 Å². The van der Waals surface area contributed by atoms with Gasteiger partial charge in [0, 0.05) is 10.4 Å². The molecule has 0 unspecified atom stereocenters. The number of carbonyl (C=O) groups is 1. The fourth-order valence-electron chi connectivity index (χ4n) is 2.82. The first-order valence-corrected chi connectivity index (χ1v) is 9.14. The molecule has 3 heterocycles. The SMILES string of the molecule is Cc1ccc(-c2cc(C(=O)NCc3cccs3)c3c(C)noc3n2)cc1. The normalized spacial score (nSPS) is 11.0. The number of carbonyl (C=O) groups excluding carboxylic acids is 1. The molecule has 1 N–H and O–H groups in total. The lowest BCUT2D eigenvalue weighted by atomic mass is 10.0. The first-order valence-electron chi connectivity index (χ1n) is 8.26. The third-order valence-corrected chi connectivity index (χ3v) is 5.09. The molecule has 4 rings (SSSR count). The first kappa shape index (κ1) is 16.5. The summed E-state index contributed by atoms with van der Waals surface area (Å²) in [7, 11) is 0. The van der Waals surface area contributed by atoms with Gasteiger partial charge in [-0.15, -0.1) is 11.3 Å². The molecule has 0 saturated heterocycles. The molecule has 0 bridgehead atoms. The van der Waals surface area contributed by atoms with E-state index in [2.05, 4.69) is 15.5 Å². The van der Waals surface area contributed by atoms with Crippen LogP contribution in [-0.4, -0.2) is 16.0 Å². The Morgan fingerprint density at radius 2 is 2.00 bits per heavy atom. The summed E-state index contributed by atoms with van der Waals surface area (Å²) in [6.45, 7) is 4.34. The summed E-state index contributed by atoms with van der Waals surface area (Å²) < 4.78 is 5.34. The second-order valence-corrected chi connectivity index (χ2v) is 7.16. The Hall–Kier alpha value is -2.99. The number of nitrogens with one attached hydrogen (secondary N) is 1. The standard InChI is InChI=1S/C20H17N3O2S/c1-12-5-7-14(8-6-12)17-10-16(18-13(2)23-25-20(18)22-17)19(24)21-11-15-4-3-9-26-15/h3-10H,11H2,1-2H3,(H,21,24). The van der Waals surface area contributed by atoms with E-state index in [-0.39, 0.29) is 5.91 Å². The molecule has 0 radical (unpaired) electrons. The Labute approximate surface area is 154 Å². The third-order valence-electron chi connectivity index (χ3n) is 4.21. The van der Waals surface area contributed by atoms with Crippen molar-refractivity contribution in [1.82, 2.24) is 15.5 Å². The fraction of sp³-hybridized carbons (Fsp3) is 0.150. The molecule has 3 aromatic heterocycles. The van der Waals surface area contributed by atoms with E-state index in [9.17, 15) is 4.79 Å². The third kappa shape index (κ3) is 3.11. The molecule has 4 aromatic rings.